The summed E-state index contributed by atoms with van der Waals surface area (Å²) in [5.74, 6) is 1.13. The van der Waals surface area contributed by atoms with Gasteiger partial charge in [0.1, 0.15) is 5.75 Å². The van der Waals surface area contributed by atoms with Gasteiger partial charge in [-0.05, 0) is 42.2 Å². The number of hydrogen-bond donors (Lipinski definition) is 1. The molecule has 0 unspecified atom stereocenters. The molecule has 0 saturated heterocycles. The van der Waals surface area contributed by atoms with E-state index < -0.39 is 0 Å². The van der Waals surface area contributed by atoms with Crippen LogP contribution in [0.3, 0.4) is 0 Å². The summed E-state index contributed by atoms with van der Waals surface area (Å²) < 4.78 is 10.8. The molecule has 0 aliphatic heterocycles. The van der Waals surface area contributed by atoms with E-state index in [1.165, 1.54) is 5.56 Å². The highest BCUT2D eigenvalue weighted by Crippen LogP contribution is 2.24. The van der Waals surface area contributed by atoms with Crippen LogP contribution in [0, 0.1) is 5.92 Å². The first kappa shape index (κ1) is 19.0. The highest BCUT2D eigenvalue weighted by atomic mass is 16.5. The van der Waals surface area contributed by atoms with Gasteiger partial charge in [-0.15, -0.1) is 0 Å². The number of rotatable bonds is 9. The average Bonchev–Trinajstić information content (AvgIpc) is 2.60. The first-order valence-electron chi connectivity index (χ1n) is 8.71. The van der Waals surface area contributed by atoms with Gasteiger partial charge in [0.2, 0.25) is 0 Å². The van der Waals surface area contributed by atoms with Crippen LogP contribution in [0.25, 0.3) is 0 Å². The Morgan fingerprint density at radius 1 is 1.04 bits per heavy atom. The second-order valence-electron chi connectivity index (χ2n) is 6.44. The smallest absolute Gasteiger partial charge is 0.255 e. The number of ether oxygens (including phenoxy) is 2. The second kappa shape index (κ2) is 9.84. The van der Waals surface area contributed by atoms with E-state index in [2.05, 4.69) is 19.2 Å². The summed E-state index contributed by atoms with van der Waals surface area (Å²) in [6.45, 7) is 5.57. The maximum atomic E-state index is 12.5. The van der Waals surface area contributed by atoms with Crippen LogP contribution in [0.5, 0.6) is 5.75 Å². The fourth-order valence-electron chi connectivity index (χ4n) is 2.54. The summed E-state index contributed by atoms with van der Waals surface area (Å²) >= 11 is 0. The molecule has 134 valence electrons. The number of anilines is 1. The quantitative estimate of drug-likeness (QED) is 0.681. The van der Waals surface area contributed by atoms with E-state index in [1.54, 1.807) is 7.11 Å². The SMILES string of the molecule is COCCCOc1ccccc1NC(=O)c1ccc(CC(C)C)cc1. The summed E-state index contributed by atoms with van der Waals surface area (Å²) in [7, 11) is 1.67. The number of carbonyl (C=O) groups is 1. The van der Waals surface area contributed by atoms with E-state index in [0.717, 1.165) is 12.8 Å². The number of amides is 1. The van der Waals surface area contributed by atoms with Gasteiger partial charge in [0.15, 0.2) is 0 Å². The molecule has 0 atom stereocenters. The predicted octanol–water partition coefficient (Wildman–Crippen LogP) is 4.55. The Labute approximate surface area is 150 Å². The molecule has 25 heavy (non-hydrogen) atoms. The third kappa shape index (κ3) is 6.24. The highest BCUT2D eigenvalue weighted by Gasteiger charge is 2.10. The first-order chi connectivity index (χ1) is 12.1. The number of para-hydroxylation sites is 2. The van der Waals surface area contributed by atoms with Crippen molar-refractivity contribution in [3.8, 4) is 5.75 Å². The Balaban J connectivity index is 2.00. The maximum Gasteiger partial charge on any atom is 0.255 e. The van der Waals surface area contributed by atoms with Gasteiger partial charge in [0, 0.05) is 25.7 Å². The lowest BCUT2D eigenvalue weighted by atomic mass is 10.0. The predicted molar refractivity (Wildman–Crippen MR) is 101 cm³/mol. The largest absolute Gasteiger partial charge is 0.491 e. The number of benzene rings is 2. The zero-order valence-electron chi connectivity index (χ0n) is 15.2. The van der Waals surface area contributed by atoms with Crippen molar-refractivity contribution in [1.29, 1.82) is 0 Å². The molecule has 4 nitrogen and oxygen atoms in total. The van der Waals surface area contributed by atoms with Crippen LogP contribution in [0.15, 0.2) is 48.5 Å². The third-order valence-corrected chi connectivity index (χ3v) is 3.75. The molecular formula is C21H27NO3. The van der Waals surface area contributed by atoms with E-state index in [1.807, 2.05) is 48.5 Å². The summed E-state index contributed by atoms with van der Waals surface area (Å²) in [6.07, 6.45) is 1.82. The van der Waals surface area contributed by atoms with Crippen molar-refractivity contribution in [2.24, 2.45) is 5.92 Å². The molecule has 2 rings (SSSR count). The van der Waals surface area contributed by atoms with Crippen LogP contribution in [-0.2, 0) is 11.2 Å². The fourth-order valence-corrected chi connectivity index (χ4v) is 2.54. The normalized spacial score (nSPS) is 10.7. The minimum atomic E-state index is -0.135. The highest BCUT2D eigenvalue weighted by molar-refractivity contribution is 6.05. The van der Waals surface area contributed by atoms with E-state index in [0.29, 0.717) is 36.1 Å². The Morgan fingerprint density at radius 2 is 1.76 bits per heavy atom. The second-order valence-corrected chi connectivity index (χ2v) is 6.44. The molecule has 0 heterocycles. The summed E-state index contributed by atoms with van der Waals surface area (Å²) in [5, 5.41) is 2.93. The summed E-state index contributed by atoms with van der Waals surface area (Å²) in [6, 6.07) is 15.2. The Kier molecular flexibility index (Phi) is 7.48. The summed E-state index contributed by atoms with van der Waals surface area (Å²) in [4.78, 5) is 12.5. The summed E-state index contributed by atoms with van der Waals surface area (Å²) in [5.41, 5.74) is 2.56. The lowest BCUT2D eigenvalue weighted by molar-refractivity contribution is 0.102. The van der Waals surface area contributed by atoms with E-state index in [4.69, 9.17) is 9.47 Å². The molecule has 0 aliphatic rings. The first-order valence-corrected chi connectivity index (χ1v) is 8.71. The van der Waals surface area contributed by atoms with Gasteiger partial charge in [-0.2, -0.15) is 0 Å². The Hall–Kier alpha value is -2.33. The lowest BCUT2D eigenvalue weighted by Crippen LogP contribution is -2.13. The molecule has 0 fully saturated rings. The molecule has 0 spiro atoms. The van der Waals surface area contributed by atoms with Crippen LogP contribution < -0.4 is 10.1 Å². The van der Waals surface area contributed by atoms with Crippen molar-refractivity contribution in [2.75, 3.05) is 25.6 Å². The fraction of sp³-hybridized carbons (Fsp3) is 0.381. The third-order valence-electron chi connectivity index (χ3n) is 3.75. The molecule has 2 aromatic carbocycles. The van der Waals surface area contributed by atoms with Crippen molar-refractivity contribution in [3.05, 3.63) is 59.7 Å². The van der Waals surface area contributed by atoms with Crippen LogP contribution in [-0.4, -0.2) is 26.2 Å². The maximum absolute atomic E-state index is 12.5. The van der Waals surface area contributed by atoms with Gasteiger partial charge >= 0.3 is 0 Å². The number of hydrogen-bond acceptors (Lipinski definition) is 3. The van der Waals surface area contributed by atoms with Crippen LogP contribution in [0.4, 0.5) is 5.69 Å². The number of carbonyl (C=O) groups excluding carboxylic acids is 1. The van der Waals surface area contributed by atoms with Gasteiger partial charge in [-0.25, -0.2) is 0 Å². The van der Waals surface area contributed by atoms with Crippen LogP contribution >= 0.6 is 0 Å². The molecule has 1 N–H and O–H groups in total. The van der Waals surface area contributed by atoms with E-state index in [-0.39, 0.29) is 5.91 Å². The van der Waals surface area contributed by atoms with Gasteiger partial charge in [0.25, 0.3) is 5.91 Å². The van der Waals surface area contributed by atoms with Crippen molar-refractivity contribution in [3.63, 3.8) is 0 Å². The zero-order valence-corrected chi connectivity index (χ0v) is 15.2. The van der Waals surface area contributed by atoms with E-state index >= 15 is 0 Å². The minimum absolute atomic E-state index is 0.135. The van der Waals surface area contributed by atoms with Crippen molar-refractivity contribution in [2.45, 2.75) is 26.7 Å². The standard InChI is InChI=1S/C21H27NO3/c1-16(2)15-17-9-11-18(12-10-17)21(23)22-19-7-4-5-8-20(19)25-14-6-13-24-3/h4-5,7-12,16H,6,13-15H2,1-3H3,(H,22,23). The van der Waals surface area contributed by atoms with E-state index in [9.17, 15) is 4.79 Å². The number of nitrogens with one attached hydrogen (secondary N) is 1. The molecule has 0 saturated carbocycles. The molecule has 0 bridgehead atoms. The minimum Gasteiger partial charge on any atom is -0.491 e. The molecule has 1 amide bonds. The monoisotopic (exact) mass is 341 g/mol. The van der Waals surface area contributed by atoms with Gasteiger partial charge < -0.3 is 14.8 Å². The van der Waals surface area contributed by atoms with Gasteiger partial charge in [0.05, 0.1) is 12.3 Å². The van der Waals surface area contributed by atoms with Crippen molar-refractivity contribution < 1.29 is 14.3 Å². The molecule has 0 radical (unpaired) electrons. The Bertz CT molecular complexity index is 665. The van der Waals surface area contributed by atoms with Crippen molar-refractivity contribution >= 4 is 11.6 Å². The van der Waals surface area contributed by atoms with Crippen molar-refractivity contribution in [1.82, 2.24) is 0 Å². The zero-order chi connectivity index (χ0) is 18.1. The molecule has 4 heteroatoms. The molecular weight excluding hydrogens is 314 g/mol. The van der Waals surface area contributed by atoms with Gasteiger partial charge in [-0.1, -0.05) is 38.1 Å². The number of methoxy groups -OCH3 is 1. The lowest BCUT2D eigenvalue weighted by Gasteiger charge is -2.13. The topological polar surface area (TPSA) is 47.6 Å². The molecule has 0 aromatic heterocycles. The average molecular weight is 341 g/mol. The van der Waals surface area contributed by atoms with Crippen LogP contribution in [0.1, 0.15) is 36.2 Å². The van der Waals surface area contributed by atoms with Gasteiger partial charge in [-0.3, -0.25) is 4.79 Å². The Morgan fingerprint density at radius 3 is 2.44 bits per heavy atom. The molecule has 2 aromatic rings. The van der Waals surface area contributed by atoms with Crippen LogP contribution in [0.2, 0.25) is 0 Å². The molecule has 0 aliphatic carbocycles.